The Morgan fingerprint density at radius 1 is 1.50 bits per heavy atom. The van der Waals surface area contributed by atoms with Gasteiger partial charge in [-0.15, -0.1) is 0 Å². The van der Waals surface area contributed by atoms with Crippen molar-refractivity contribution in [1.82, 2.24) is 4.98 Å². The summed E-state index contributed by atoms with van der Waals surface area (Å²) in [6.07, 6.45) is 0.838. The molecule has 1 aromatic rings. The summed E-state index contributed by atoms with van der Waals surface area (Å²) in [5.74, 6) is 0. The van der Waals surface area contributed by atoms with Crippen molar-refractivity contribution in [2.75, 3.05) is 0 Å². The first-order valence-electron chi connectivity index (χ1n) is 3.72. The van der Waals surface area contributed by atoms with Crippen LogP contribution >= 0.6 is 23.2 Å². The Kier molecular flexibility index (Phi) is 3.32. The lowest BCUT2D eigenvalue weighted by molar-refractivity contribution is 0.676. The second kappa shape index (κ2) is 4.08. The average Bonchev–Trinajstić information content (AvgIpc) is 2.08. The van der Waals surface area contributed by atoms with Crippen LogP contribution in [-0.2, 0) is 0 Å². The van der Waals surface area contributed by atoms with Crippen LogP contribution in [0.2, 0.25) is 10.2 Å². The van der Waals surface area contributed by atoms with Crippen LogP contribution in [0.1, 0.15) is 25.1 Å². The monoisotopic (exact) mass is 204 g/mol. The molecule has 0 unspecified atom stereocenters. The van der Waals surface area contributed by atoms with Gasteiger partial charge in [0.15, 0.2) is 0 Å². The molecule has 66 valence electrons. The molecule has 0 spiro atoms. The molecule has 0 aliphatic heterocycles. The maximum atomic E-state index is 5.75. The van der Waals surface area contributed by atoms with Crippen LogP contribution in [0, 0.1) is 0 Å². The van der Waals surface area contributed by atoms with Crippen LogP contribution in [-0.4, -0.2) is 4.98 Å². The highest BCUT2D eigenvalue weighted by atomic mass is 35.5. The minimum absolute atomic E-state index is 0.0558. The van der Waals surface area contributed by atoms with Gasteiger partial charge in [0.25, 0.3) is 0 Å². The molecular weight excluding hydrogens is 195 g/mol. The van der Waals surface area contributed by atoms with Crippen molar-refractivity contribution in [2.24, 2.45) is 5.73 Å². The summed E-state index contributed by atoms with van der Waals surface area (Å²) in [7, 11) is 0. The minimum atomic E-state index is -0.0558. The van der Waals surface area contributed by atoms with Gasteiger partial charge in [-0.2, -0.15) is 0 Å². The van der Waals surface area contributed by atoms with Crippen molar-refractivity contribution in [3.05, 3.63) is 28.0 Å². The maximum absolute atomic E-state index is 5.75. The van der Waals surface area contributed by atoms with E-state index < -0.39 is 0 Å². The number of rotatable bonds is 2. The van der Waals surface area contributed by atoms with Gasteiger partial charge in [-0.05, 0) is 18.6 Å². The van der Waals surface area contributed by atoms with Crippen LogP contribution < -0.4 is 5.73 Å². The standard InChI is InChI=1S/C8H10Cl2N2/c1-2-6(11)7-4-3-5(9)8(10)12-7/h3-4,6H,2,11H2,1H3/t6-/m1/s1. The number of hydrogen-bond acceptors (Lipinski definition) is 2. The van der Waals surface area contributed by atoms with Gasteiger partial charge in [-0.1, -0.05) is 30.1 Å². The van der Waals surface area contributed by atoms with Gasteiger partial charge in [0.2, 0.25) is 0 Å². The predicted octanol–water partition coefficient (Wildman–Crippen LogP) is 2.80. The lowest BCUT2D eigenvalue weighted by Crippen LogP contribution is -2.10. The highest BCUT2D eigenvalue weighted by molar-refractivity contribution is 6.41. The summed E-state index contributed by atoms with van der Waals surface area (Å²) in [4.78, 5) is 4.05. The van der Waals surface area contributed by atoms with Crippen molar-refractivity contribution in [3.8, 4) is 0 Å². The minimum Gasteiger partial charge on any atom is -0.323 e. The highest BCUT2D eigenvalue weighted by Gasteiger charge is 2.06. The Hall–Kier alpha value is -0.310. The number of hydrogen-bond donors (Lipinski definition) is 1. The predicted molar refractivity (Wildman–Crippen MR) is 51.5 cm³/mol. The zero-order valence-electron chi connectivity index (χ0n) is 6.72. The van der Waals surface area contributed by atoms with Gasteiger partial charge >= 0.3 is 0 Å². The van der Waals surface area contributed by atoms with Crippen molar-refractivity contribution >= 4 is 23.2 Å². The molecule has 12 heavy (non-hydrogen) atoms. The van der Waals surface area contributed by atoms with Crippen LogP contribution in [0.5, 0.6) is 0 Å². The fourth-order valence-corrected chi connectivity index (χ4v) is 1.11. The van der Waals surface area contributed by atoms with Gasteiger partial charge in [-0.25, -0.2) is 4.98 Å². The van der Waals surface area contributed by atoms with Gasteiger partial charge in [0, 0.05) is 6.04 Å². The normalized spacial score (nSPS) is 13.0. The second-order valence-corrected chi connectivity index (χ2v) is 3.29. The third-order valence-electron chi connectivity index (χ3n) is 1.64. The number of aromatic nitrogens is 1. The van der Waals surface area contributed by atoms with E-state index in [4.69, 9.17) is 28.9 Å². The Morgan fingerprint density at radius 3 is 2.67 bits per heavy atom. The molecule has 0 aromatic carbocycles. The zero-order chi connectivity index (χ0) is 9.14. The Labute approximate surface area is 81.7 Å². The van der Waals surface area contributed by atoms with Gasteiger partial charge in [-0.3, -0.25) is 0 Å². The SMILES string of the molecule is CC[C@@H](N)c1ccc(Cl)c(Cl)n1. The van der Waals surface area contributed by atoms with Crippen LogP contribution in [0.15, 0.2) is 12.1 Å². The van der Waals surface area contributed by atoms with Crippen molar-refractivity contribution < 1.29 is 0 Å². The number of pyridine rings is 1. The molecule has 2 N–H and O–H groups in total. The summed E-state index contributed by atoms with van der Waals surface area (Å²) in [5, 5.41) is 0.779. The van der Waals surface area contributed by atoms with Crippen molar-refractivity contribution in [1.29, 1.82) is 0 Å². The highest BCUT2D eigenvalue weighted by Crippen LogP contribution is 2.21. The molecule has 1 heterocycles. The molecule has 0 fully saturated rings. The van der Waals surface area contributed by atoms with Gasteiger partial charge in [0.1, 0.15) is 5.15 Å². The van der Waals surface area contributed by atoms with E-state index in [1.165, 1.54) is 0 Å². The maximum Gasteiger partial charge on any atom is 0.147 e. The largest absolute Gasteiger partial charge is 0.323 e. The fourth-order valence-electron chi connectivity index (χ4n) is 0.847. The molecule has 1 rings (SSSR count). The van der Waals surface area contributed by atoms with E-state index in [9.17, 15) is 0 Å². The molecule has 1 aromatic heterocycles. The molecule has 0 bridgehead atoms. The summed E-state index contributed by atoms with van der Waals surface area (Å²) >= 11 is 11.4. The molecule has 0 aliphatic rings. The number of halogens is 2. The first-order valence-corrected chi connectivity index (χ1v) is 4.48. The Morgan fingerprint density at radius 2 is 2.17 bits per heavy atom. The first kappa shape index (κ1) is 9.78. The average molecular weight is 205 g/mol. The lowest BCUT2D eigenvalue weighted by atomic mass is 10.1. The molecular formula is C8H10Cl2N2. The Bertz CT molecular complexity index is 276. The molecule has 0 saturated carbocycles. The topological polar surface area (TPSA) is 38.9 Å². The molecule has 1 atom stereocenters. The summed E-state index contributed by atoms with van der Waals surface area (Å²) in [6, 6.07) is 3.45. The number of nitrogens with zero attached hydrogens (tertiary/aromatic N) is 1. The van der Waals surface area contributed by atoms with Crippen molar-refractivity contribution in [3.63, 3.8) is 0 Å². The van der Waals surface area contributed by atoms with E-state index >= 15 is 0 Å². The number of nitrogens with two attached hydrogens (primary N) is 1. The van der Waals surface area contributed by atoms with Crippen molar-refractivity contribution in [2.45, 2.75) is 19.4 Å². The smallest absolute Gasteiger partial charge is 0.147 e. The third kappa shape index (κ3) is 2.09. The Balaban J connectivity index is 2.96. The molecule has 0 saturated heterocycles. The molecule has 0 aliphatic carbocycles. The second-order valence-electron chi connectivity index (χ2n) is 2.52. The summed E-state index contributed by atoms with van der Waals surface area (Å²) in [5.41, 5.74) is 6.53. The van der Waals surface area contributed by atoms with Gasteiger partial charge in [0.05, 0.1) is 10.7 Å². The van der Waals surface area contributed by atoms with E-state index in [1.807, 2.05) is 6.92 Å². The third-order valence-corrected chi connectivity index (χ3v) is 2.33. The zero-order valence-corrected chi connectivity index (χ0v) is 8.23. The molecule has 0 amide bonds. The summed E-state index contributed by atoms with van der Waals surface area (Å²) in [6.45, 7) is 1.99. The molecule has 0 radical (unpaired) electrons. The van der Waals surface area contributed by atoms with E-state index in [0.29, 0.717) is 10.2 Å². The van der Waals surface area contributed by atoms with E-state index in [1.54, 1.807) is 12.1 Å². The van der Waals surface area contributed by atoms with E-state index in [-0.39, 0.29) is 6.04 Å². The molecule has 4 heteroatoms. The quantitative estimate of drug-likeness (QED) is 0.754. The first-order chi connectivity index (χ1) is 5.65. The molecule has 2 nitrogen and oxygen atoms in total. The fraction of sp³-hybridized carbons (Fsp3) is 0.375. The summed E-state index contributed by atoms with van der Waals surface area (Å²) < 4.78 is 0. The van der Waals surface area contributed by atoms with E-state index in [0.717, 1.165) is 12.1 Å². The van der Waals surface area contributed by atoms with Crippen LogP contribution in [0.25, 0.3) is 0 Å². The lowest BCUT2D eigenvalue weighted by Gasteiger charge is -2.07. The van der Waals surface area contributed by atoms with Crippen LogP contribution in [0.3, 0.4) is 0 Å². The van der Waals surface area contributed by atoms with E-state index in [2.05, 4.69) is 4.98 Å². The van der Waals surface area contributed by atoms with Gasteiger partial charge < -0.3 is 5.73 Å². The van der Waals surface area contributed by atoms with Crippen LogP contribution in [0.4, 0.5) is 0 Å².